The van der Waals surface area contributed by atoms with Crippen LogP contribution in [-0.4, -0.2) is 28.8 Å². The second-order valence-electron chi connectivity index (χ2n) is 4.86. The highest BCUT2D eigenvalue weighted by molar-refractivity contribution is 5.66. The number of aliphatic carboxylic acids is 1. The van der Waals surface area contributed by atoms with E-state index in [0.29, 0.717) is 5.56 Å². The van der Waals surface area contributed by atoms with Gasteiger partial charge in [-0.2, -0.15) is 0 Å². The number of halogens is 1. The molecule has 1 aromatic carbocycles. The third-order valence-corrected chi connectivity index (χ3v) is 2.99. The zero-order chi connectivity index (χ0) is 14.4. The number of aliphatic hydroxyl groups excluding tert-OH is 1. The summed E-state index contributed by atoms with van der Waals surface area (Å²) in [5, 5.41) is 21.9. The first-order valence-electron chi connectivity index (χ1n) is 6.30. The van der Waals surface area contributed by atoms with Gasteiger partial charge in [-0.05, 0) is 23.6 Å². The Morgan fingerprint density at radius 2 is 1.89 bits per heavy atom. The van der Waals surface area contributed by atoms with Gasteiger partial charge in [-0.3, -0.25) is 4.79 Å². The molecule has 0 spiro atoms. The first kappa shape index (κ1) is 15.6. The second kappa shape index (κ2) is 7.21. The average molecular weight is 269 g/mol. The molecule has 4 nitrogen and oxygen atoms in total. The van der Waals surface area contributed by atoms with E-state index < -0.39 is 12.1 Å². The van der Waals surface area contributed by atoms with Crippen molar-refractivity contribution in [3.05, 3.63) is 35.6 Å². The van der Waals surface area contributed by atoms with E-state index in [2.05, 4.69) is 5.32 Å². The smallest absolute Gasteiger partial charge is 0.304 e. The number of nitrogens with one attached hydrogen (secondary N) is 1. The molecule has 0 aromatic heterocycles. The van der Waals surface area contributed by atoms with Gasteiger partial charge in [0.25, 0.3) is 0 Å². The highest BCUT2D eigenvalue weighted by atomic mass is 19.1. The Hall–Kier alpha value is -1.46. The van der Waals surface area contributed by atoms with E-state index in [1.807, 2.05) is 13.8 Å². The summed E-state index contributed by atoms with van der Waals surface area (Å²) >= 11 is 0. The maximum Gasteiger partial charge on any atom is 0.304 e. The molecule has 2 unspecified atom stereocenters. The topological polar surface area (TPSA) is 69.6 Å². The summed E-state index contributed by atoms with van der Waals surface area (Å²) in [7, 11) is 0. The van der Waals surface area contributed by atoms with Crippen LogP contribution in [0.1, 0.15) is 31.9 Å². The summed E-state index contributed by atoms with van der Waals surface area (Å²) < 4.78 is 12.8. The van der Waals surface area contributed by atoms with Gasteiger partial charge in [-0.25, -0.2) is 4.39 Å². The SMILES string of the molecule is CC(C)C(NCCC(=O)O)C(O)c1ccc(F)cc1. The van der Waals surface area contributed by atoms with Crippen molar-refractivity contribution in [1.82, 2.24) is 5.32 Å². The third-order valence-electron chi connectivity index (χ3n) is 2.99. The molecule has 0 heterocycles. The molecule has 1 aromatic rings. The fourth-order valence-electron chi connectivity index (χ4n) is 1.92. The molecule has 1 rings (SSSR count). The average Bonchev–Trinajstić information content (AvgIpc) is 2.34. The first-order valence-corrected chi connectivity index (χ1v) is 6.30. The minimum absolute atomic E-state index is 0.000637. The number of carbonyl (C=O) groups is 1. The van der Waals surface area contributed by atoms with Crippen molar-refractivity contribution in [2.24, 2.45) is 5.92 Å². The third kappa shape index (κ3) is 4.96. The Morgan fingerprint density at radius 1 is 1.32 bits per heavy atom. The minimum atomic E-state index is -0.883. The highest BCUT2D eigenvalue weighted by Gasteiger charge is 2.23. The van der Waals surface area contributed by atoms with Crippen LogP contribution in [-0.2, 0) is 4.79 Å². The van der Waals surface area contributed by atoms with Crippen LogP contribution in [0.25, 0.3) is 0 Å². The summed E-state index contributed by atoms with van der Waals surface area (Å²) in [4.78, 5) is 10.5. The van der Waals surface area contributed by atoms with E-state index in [1.165, 1.54) is 24.3 Å². The van der Waals surface area contributed by atoms with E-state index in [1.54, 1.807) is 0 Å². The number of aliphatic hydroxyl groups is 1. The van der Waals surface area contributed by atoms with Crippen LogP contribution in [0.4, 0.5) is 4.39 Å². The van der Waals surface area contributed by atoms with Gasteiger partial charge in [-0.15, -0.1) is 0 Å². The number of benzene rings is 1. The van der Waals surface area contributed by atoms with Crippen LogP contribution in [0.5, 0.6) is 0 Å². The number of carboxylic acids is 1. The zero-order valence-electron chi connectivity index (χ0n) is 11.1. The predicted octanol–water partition coefficient (Wildman–Crippen LogP) is 1.95. The molecule has 3 N–H and O–H groups in total. The van der Waals surface area contributed by atoms with Gasteiger partial charge in [0.15, 0.2) is 0 Å². The molecule has 0 aliphatic carbocycles. The normalized spacial score (nSPS) is 14.4. The Morgan fingerprint density at radius 3 is 2.37 bits per heavy atom. The quantitative estimate of drug-likeness (QED) is 0.707. The minimum Gasteiger partial charge on any atom is -0.481 e. The lowest BCUT2D eigenvalue weighted by Gasteiger charge is -2.27. The van der Waals surface area contributed by atoms with Gasteiger partial charge >= 0.3 is 5.97 Å². The van der Waals surface area contributed by atoms with Crippen LogP contribution in [0.15, 0.2) is 24.3 Å². The van der Waals surface area contributed by atoms with Gasteiger partial charge in [0.1, 0.15) is 5.82 Å². The second-order valence-corrected chi connectivity index (χ2v) is 4.86. The summed E-state index contributed by atoms with van der Waals surface area (Å²) in [6, 6.07) is 5.40. The number of carboxylic acid groups (broad SMARTS) is 1. The summed E-state index contributed by atoms with van der Waals surface area (Å²) in [5.74, 6) is -1.11. The van der Waals surface area contributed by atoms with E-state index in [0.717, 1.165) is 0 Å². The fourth-order valence-corrected chi connectivity index (χ4v) is 1.92. The molecular formula is C14H20FNO3. The molecule has 106 valence electrons. The molecule has 5 heteroatoms. The van der Waals surface area contributed by atoms with E-state index >= 15 is 0 Å². The van der Waals surface area contributed by atoms with Crippen LogP contribution >= 0.6 is 0 Å². The van der Waals surface area contributed by atoms with E-state index in [-0.39, 0.29) is 30.7 Å². The Labute approximate surface area is 112 Å². The number of hydrogen-bond donors (Lipinski definition) is 3. The number of hydrogen-bond acceptors (Lipinski definition) is 3. The van der Waals surface area contributed by atoms with Gasteiger partial charge in [0, 0.05) is 12.6 Å². The molecule has 0 saturated carbocycles. The molecule has 0 saturated heterocycles. The van der Waals surface area contributed by atoms with Crippen molar-refractivity contribution in [3.8, 4) is 0 Å². The van der Waals surface area contributed by atoms with Crippen LogP contribution < -0.4 is 5.32 Å². The van der Waals surface area contributed by atoms with Gasteiger partial charge in [0.2, 0.25) is 0 Å². The van der Waals surface area contributed by atoms with Gasteiger partial charge in [0.05, 0.1) is 12.5 Å². The molecule has 0 bridgehead atoms. The van der Waals surface area contributed by atoms with Crippen molar-refractivity contribution in [2.45, 2.75) is 32.4 Å². The lowest BCUT2D eigenvalue weighted by molar-refractivity contribution is -0.136. The molecule has 2 atom stereocenters. The largest absolute Gasteiger partial charge is 0.481 e. The van der Waals surface area contributed by atoms with Crippen molar-refractivity contribution in [1.29, 1.82) is 0 Å². The Balaban J connectivity index is 2.69. The van der Waals surface area contributed by atoms with Crippen LogP contribution in [0.3, 0.4) is 0 Å². The van der Waals surface area contributed by atoms with Crippen molar-refractivity contribution < 1.29 is 19.4 Å². The predicted molar refractivity (Wildman–Crippen MR) is 70.2 cm³/mol. The maximum atomic E-state index is 12.8. The molecule has 0 aliphatic rings. The monoisotopic (exact) mass is 269 g/mol. The molecule has 0 radical (unpaired) electrons. The Kier molecular flexibility index (Phi) is 5.92. The zero-order valence-corrected chi connectivity index (χ0v) is 11.1. The standard InChI is InChI=1S/C14H20FNO3/c1-9(2)13(16-8-7-12(17)18)14(19)10-3-5-11(15)6-4-10/h3-6,9,13-14,16,19H,7-8H2,1-2H3,(H,17,18). The molecular weight excluding hydrogens is 249 g/mol. The first-order chi connectivity index (χ1) is 8.91. The van der Waals surface area contributed by atoms with Gasteiger partial charge in [-0.1, -0.05) is 26.0 Å². The lowest BCUT2D eigenvalue weighted by Crippen LogP contribution is -2.40. The molecule has 19 heavy (non-hydrogen) atoms. The molecule has 0 fully saturated rings. The summed E-state index contributed by atoms with van der Waals surface area (Å²) in [6.07, 6.45) is -0.797. The molecule has 0 aliphatic heterocycles. The van der Waals surface area contributed by atoms with E-state index in [9.17, 15) is 14.3 Å². The Bertz CT molecular complexity index is 406. The van der Waals surface area contributed by atoms with Crippen LogP contribution in [0.2, 0.25) is 0 Å². The van der Waals surface area contributed by atoms with Crippen molar-refractivity contribution in [2.75, 3.05) is 6.54 Å². The van der Waals surface area contributed by atoms with Crippen LogP contribution in [0, 0.1) is 11.7 Å². The van der Waals surface area contributed by atoms with Crippen molar-refractivity contribution >= 4 is 5.97 Å². The lowest BCUT2D eigenvalue weighted by atomic mass is 9.93. The highest BCUT2D eigenvalue weighted by Crippen LogP contribution is 2.22. The van der Waals surface area contributed by atoms with Gasteiger partial charge < -0.3 is 15.5 Å². The summed E-state index contributed by atoms with van der Waals surface area (Å²) in [5.41, 5.74) is 0.614. The van der Waals surface area contributed by atoms with Crippen molar-refractivity contribution in [3.63, 3.8) is 0 Å². The summed E-state index contributed by atoms with van der Waals surface area (Å²) in [6.45, 7) is 4.16. The maximum absolute atomic E-state index is 12.8. The number of rotatable bonds is 7. The van der Waals surface area contributed by atoms with E-state index in [4.69, 9.17) is 5.11 Å². The fraction of sp³-hybridized carbons (Fsp3) is 0.500. The molecule has 0 amide bonds.